The van der Waals surface area contributed by atoms with Crippen LogP contribution < -0.4 is 5.73 Å². The highest BCUT2D eigenvalue weighted by Crippen LogP contribution is 2.40. The van der Waals surface area contributed by atoms with E-state index in [0.717, 1.165) is 5.56 Å². The largest absolute Gasteiger partial charge is 0.391 e. The minimum atomic E-state index is -4.08. The van der Waals surface area contributed by atoms with Crippen LogP contribution in [0, 0.1) is 17.7 Å². The summed E-state index contributed by atoms with van der Waals surface area (Å²) in [6.45, 7) is 0. The predicted molar refractivity (Wildman–Crippen MR) is 69.6 cm³/mol. The van der Waals surface area contributed by atoms with E-state index in [-0.39, 0.29) is 30.6 Å². The average Bonchev–Trinajstić information content (AvgIpc) is 2.40. The van der Waals surface area contributed by atoms with Gasteiger partial charge < -0.3 is 5.73 Å². The van der Waals surface area contributed by atoms with Crippen LogP contribution >= 0.6 is 0 Å². The number of halogens is 4. The first-order valence-electron chi connectivity index (χ1n) is 6.93. The molecule has 1 unspecified atom stereocenters. The lowest BCUT2D eigenvalue weighted by Gasteiger charge is -2.33. The van der Waals surface area contributed by atoms with Crippen molar-refractivity contribution in [3.8, 4) is 0 Å². The summed E-state index contributed by atoms with van der Waals surface area (Å²) in [6.07, 6.45) is -2.11. The van der Waals surface area contributed by atoms with E-state index in [4.69, 9.17) is 5.73 Å². The normalized spacial score (nSPS) is 25.4. The number of hydrogen-bond acceptors (Lipinski definition) is 1. The summed E-state index contributed by atoms with van der Waals surface area (Å²) in [5, 5.41) is 0. The third-order valence-corrected chi connectivity index (χ3v) is 4.22. The van der Waals surface area contributed by atoms with Crippen LogP contribution in [0.1, 0.15) is 31.2 Å². The van der Waals surface area contributed by atoms with Crippen LogP contribution in [0.4, 0.5) is 17.6 Å². The van der Waals surface area contributed by atoms with Gasteiger partial charge in [0.2, 0.25) is 0 Å². The maximum absolute atomic E-state index is 12.8. The molecule has 0 amide bonds. The van der Waals surface area contributed by atoms with Crippen molar-refractivity contribution < 1.29 is 17.6 Å². The van der Waals surface area contributed by atoms with Crippen molar-refractivity contribution in [2.24, 2.45) is 17.6 Å². The second kappa shape index (κ2) is 6.12. The smallest absolute Gasteiger partial charge is 0.327 e. The Morgan fingerprint density at radius 3 is 2.10 bits per heavy atom. The monoisotopic (exact) mass is 289 g/mol. The summed E-state index contributed by atoms with van der Waals surface area (Å²) < 4.78 is 50.6. The zero-order valence-electron chi connectivity index (χ0n) is 11.2. The first kappa shape index (κ1) is 15.3. The van der Waals surface area contributed by atoms with Gasteiger partial charge in [0.05, 0.1) is 5.92 Å². The van der Waals surface area contributed by atoms with E-state index >= 15 is 0 Å². The van der Waals surface area contributed by atoms with Crippen LogP contribution in [0.2, 0.25) is 0 Å². The Bertz CT molecular complexity index is 418. The Morgan fingerprint density at radius 1 is 1.05 bits per heavy atom. The third kappa shape index (κ3) is 3.95. The highest BCUT2D eigenvalue weighted by Gasteiger charge is 2.42. The lowest BCUT2D eigenvalue weighted by molar-refractivity contribution is -0.184. The molecule has 1 atom stereocenters. The second-order valence-electron chi connectivity index (χ2n) is 5.65. The SMILES string of the molecule is NC(Cc1ccc(F)cc1)C1CCC(C(F)(F)F)CC1. The molecule has 2 rings (SSSR count). The molecule has 1 saturated carbocycles. The van der Waals surface area contributed by atoms with Crippen molar-refractivity contribution in [3.05, 3.63) is 35.6 Å². The molecule has 1 nitrogen and oxygen atoms in total. The Morgan fingerprint density at radius 2 is 1.60 bits per heavy atom. The van der Waals surface area contributed by atoms with Crippen LogP contribution in [-0.2, 0) is 6.42 Å². The van der Waals surface area contributed by atoms with Gasteiger partial charge >= 0.3 is 6.18 Å². The molecule has 1 fully saturated rings. The number of nitrogens with two attached hydrogens (primary N) is 1. The molecule has 20 heavy (non-hydrogen) atoms. The van der Waals surface area contributed by atoms with Gasteiger partial charge in [0.15, 0.2) is 0 Å². The topological polar surface area (TPSA) is 26.0 Å². The van der Waals surface area contributed by atoms with Gasteiger partial charge in [-0.25, -0.2) is 4.39 Å². The van der Waals surface area contributed by atoms with E-state index in [9.17, 15) is 17.6 Å². The summed E-state index contributed by atoms with van der Waals surface area (Å²) in [6, 6.07) is 5.95. The first-order valence-corrected chi connectivity index (χ1v) is 6.93. The minimum Gasteiger partial charge on any atom is -0.327 e. The number of rotatable bonds is 3. The molecule has 0 aliphatic heterocycles. The molecule has 1 aliphatic carbocycles. The van der Waals surface area contributed by atoms with Crippen molar-refractivity contribution in [2.75, 3.05) is 0 Å². The summed E-state index contributed by atoms with van der Waals surface area (Å²) >= 11 is 0. The van der Waals surface area contributed by atoms with E-state index < -0.39 is 12.1 Å². The minimum absolute atomic E-state index is 0.124. The zero-order chi connectivity index (χ0) is 14.8. The van der Waals surface area contributed by atoms with E-state index in [1.807, 2.05) is 0 Å². The van der Waals surface area contributed by atoms with Crippen LogP contribution in [0.5, 0.6) is 0 Å². The standard InChI is InChI=1S/C15H19F4N/c16-13-7-1-10(2-8-13)9-14(20)11-3-5-12(6-4-11)15(17,18)19/h1-2,7-8,11-12,14H,3-6,9,20H2. The van der Waals surface area contributed by atoms with E-state index in [1.165, 1.54) is 12.1 Å². The Kier molecular flexibility index (Phi) is 4.68. The summed E-state index contributed by atoms with van der Waals surface area (Å²) in [5.41, 5.74) is 7.03. The lowest BCUT2D eigenvalue weighted by atomic mass is 9.77. The van der Waals surface area contributed by atoms with E-state index in [2.05, 4.69) is 0 Å². The number of benzene rings is 1. The fourth-order valence-electron chi connectivity index (χ4n) is 2.93. The number of hydrogen-bond donors (Lipinski definition) is 1. The molecule has 0 radical (unpaired) electrons. The maximum atomic E-state index is 12.8. The molecular formula is C15H19F4N. The average molecular weight is 289 g/mol. The highest BCUT2D eigenvalue weighted by molar-refractivity contribution is 5.17. The van der Waals surface area contributed by atoms with Gasteiger partial charge in [0.1, 0.15) is 5.82 Å². The molecule has 1 aliphatic rings. The van der Waals surface area contributed by atoms with Gasteiger partial charge in [-0.2, -0.15) is 13.2 Å². The van der Waals surface area contributed by atoms with Gasteiger partial charge in [-0.05, 0) is 55.7 Å². The molecule has 0 heterocycles. The van der Waals surface area contributed by atoms with Crippen molar-refractivity contribution in [3.63, 3.8) is 0 Å². The second-order valence-corrected chi connectivity index (χ2v) is 5.65. The van der Waals surface area contributed by atoms with Crippen molar-refractivity contribution in [2.45, 2.75) is 44.3 Å². The van der Waals surface area contributed by atoms with E-state index in [1.54, 1.807) is 12.1 Å². The van der Waals surface area contributed by atoms with Crippen LogP contribution in [0.3, 0.4) is 0 Å². The van der Waals surface area contributed by atoms with Crippen LogP contribution in [0.25, 0.3) is 0 Å². The molecule has 5 heteroatoms. The Hall–Kier alpha value is -1.10. The molecule has 2 N–H and O–H groups in total. The predicted octanol–water partition coefficient (Wildman–Crippen LogP) is 4.06. The molecular weight excluding hydrogens is 270 g/mol. The lowest BCUT2D eigenvalue weighted by Crippen LogP contribution is -2.37. The fourth-order valence-corrected chi connectivity index (χ4v) is 2.93. The molecule has 112 valence electrons. The molecule has 0 bridgehead atoms. The maximum Gasteiger partial charge on any atom is 0.391 e. The summed E-state index contributed by atoms with van der Waals surface area (Å²) in [4.78, 5) is 0. The van der Waals surface area contributed by atoms with Crippen molar-refractivity contribution in [1.82, 2.24) is 0 Å². The van der Waals surface area contributed by atoms with Crippen LogP contribution in [0.15, 0.2) is 24.3 Å². The van der Waals surface area contributed by atoms with Gasteiger partial charge in [-0.15, -0.1) is 0 Å². The molecule has 0 spiro atoms. The molecule has 1 aromatic rings. The first-order chi connectivity index (χ1) is 9.36. The van der Waals surface area contributed by atoms with Crippen molar-refractivity contribution >= 4 is 0 Å². The highest BCUT2D eigenvalue weighted by atomic mass is 19.4. The van der Waals surface area contributed by atoms with Gasteiger partial charge in [-0.1, -0.05) is 12.1 Å². The third-order valence-electron chi connectivity index (χ3n) is 4.22. The van der Waals surface area contributed by atoms with Gasteiger partial charge in [-0.3, -0.25) is 0 Å². The Balaban J connectivity index is 1.85. The zero-order valence-corrected chi connectivity index (χ0v) is 11.2. The Labute approximate surface area is 116 Å². The van der Waals surface area contributed by atoms with E-state index in [0.29, 0.717) is 19.3 Å². The van der Waals surface area contributed by atoms with Crippen LogP contribution in [-0.4, -0.2) is 12.2 Å². The van der Waals surface area contributed by atoms with Crippen molar-refractivity contribution in [1.29, 1.82) is 0 Å². The molecule has 0 saturated heterocycles. The molecule has 1 aromatic carbocycles. The summed E-state index contributed by atoms with van der Waals surface area (Å²) in [7, 11) is 0. The number of alkyl halides is 3. The quantitative estimate of drug-likeness (QED) is 0.834. The van der Waals surface area contributed by atoms with Gasteiger partial charge in [0.25, 0.3) is 0 Å². The summed E-state index contributed by atoms with van der Waals surface area (Å²) in [5.74, 6) is -1.34. The molecule has 0 aromatic heterocycles. The van der Waals surface area contributed by atoms with Gasteiger partial charge in [0, 0.05) is 6.04 Å². The fraction of sp³-hybridized carbons (Fsp3) is 0.600.